The molecule has 16 heteroatoms. The molecule has 0 spiro atoms. The van der Waals surface area contributed by atoms with Gasteiger partial charge in [0.2, 0.25) is 41.4 Å². The van der Waals surface area contributed by atoms with Crippen molar-refractivity contribution < 1.29 is 33.6 Å². The Morgan fingerprint density at radius 2 is 1.30 bits per heavy atom. The molecule has 2 aromatic carbocycles. The molecule has 1 saturated heterocycles. The minimum Gasteiger partial charge on any atom is -0.370 e. The maximum Gasteiger partial charge on any atom is 0.243 e. The number of hydrogen-bond donors (Lipinski definition) is 8. The highest BCUT2D eigenvalue weighted by molar-refractivity contribution is 7.98. The van der Waals surface area contributed by atoms with E-state index in [0.29, 0.717) is 11.3 Å². The first-order chi connectivity index (χ1) is 25.8. The SMILES string of the molecule is CSCC[C@@H]1NC(=O)[C@H](CC(C)C)NC(=O)CNC(=O)[C@H](Cc2ccccc2)NC(=O)[C@H](Cc2c[nH]c3ccccc23)NC(=O)[C@@H](CCC(N)=O)NC1=O. The summed E-state index contributed by atoms with van der Waals surface area (Å²) in [6.45, 7) is 3.25. The Morgan fingerprint density at radius 1 is 0.722 bits per heavy atom. The van der Waals surface area contributed by atoms with Gasteiger partial charge in [0.1, 0.15) is 30.2 Å². The third kappa shape index (κ3) is 12.4. The van der Waals surface area contributed by atoms with Gasteiger partial charge in [-0.05, 0) is 54.4 Å². The minimum atomic E-state index is -1.33. The van der Waals surface area contributed by atoms with Crippen LogP contribution < -0.4 is 37.6 Å². The lowest BCUT2D eigenvalue weighted by molar-refractivity contribution is -0.136. The molecule has 0 aliphatic carbocycles. The van der Waals surface area contributed by atoms with E-state index in [1.54, 1.807) is 30.5 Å². The number of H-pyrrole nitrogens is 1. The van der Waals surface area contributed by atoms with Gasteiger partial charge in [-0.2, -0.15) is 11.8 Å². The van der Waals surface area contributed by atoms with Gasteiger partial charge in [0.25, 0.3) is 0 Å². The van der Waals surface area contributed by atoms with Gasteiger partial charge in [-0.3, -0.25) is 33.6 Å². The summed E-state index contributed by atoms with van der Waals surface area (Å²) in [5, 5.41) is 17.0. The number of benzene rings is 2. The normalized spacial score (nSPS) is 22.3. The van der Waals surface area contributed by atoms with Gasteiger partial charge >= 0.3 is 0 Å². The lowest BCUT2D eigenvalue weighted by Crippen LogP contribution is -2.60. The van der Waals surface area contributed by atoms with Crippen molar-refractivity contribution in [2.75, 3.05) is 18.6 Å². The lowest BCUT2D eigenvalue weighted by atomic mass is 10.0. The molecule has 4 rings (SSSR count). The Hall–Kier alpha value is -5.38. The number of aromatic amines is 1. The highest BCUT2D eigenvalue weighted by atomic mass is 32.2. The van der Waals surface area contributed by atoms with Gasteiger partial charge in [0.05, 0.1) is 6.54 Å². The van der Waals surface area contributed by atoms with E-state index in [2.05, 4.69) is 36.9 Å². The largest absolute Gasteiger partial charge is 0.370 e. The first-order valence-corrected chi connectivity index (χ1v) is 19.4. The molecule has 0 radical (unpaired) electrons. The van der Waals surface area contributed by atoms with Crippen molar-refractivity contribution in [1.82, 2.24) is 36.9 Å². The van der Waals surface area contributed by atoms with Crippen LogP contribution in [0.3, 0.4) is 0 Å². The predicted octanol–water partition coefficient (Wildman–Crippen LogP) is 0.572. The van der Waals surface area contributed by atoms with Crippen molar-refractivity contribution >= 4 is 64.0 Å². The van der Waals surface area contributed by atoms with Crippen molar-refractivity contribution in [2.45, 2.75) is 82.6 Å². The summed E-state index contributed by atoms with van der Waals surface area (Å²) in [5.74, 6) is -4.34. The average Bonchev–Trinajstić information content (AvgIpc) is 3.55. The van der Waals surface area contributed by atoms with E-state index < -0.39 is 78.1 Å². The van der Waals surface area contributed by atoms with Crippen LogP contribution in [-0.2, 0) is 46.4 Å². The number of rotatable bonds is 12. The van der Waals surface area contributed by atoms with Crippen LogP contribution in [0.1, 0.15) is 50.7 Å². The summed E-state index contributed by atoms with van der Waals surface area (Å²) in [7, 11) is 0. The maximum atomic E-state index is 14.2. The molecule has 0 unspecified atom stereocenters. The number of nitrogens with one attached hydrogen (secondary N) is 7. The van der Waals surface area contributed by atoms with Gasteiger partial charge < -0.3 is 42.6 Å². The third-order valence-corrected chi connectivity index (χ3v) is 9.63. The highest BCUT2D eigenvalue weighted by Crippen LogP contribution is 2.20. The van der Waals surface area contributed by atoms with Crippen molar-refractivity contribution in [2.24, 2.45) is 11.7 Å². The number of thioether (sulfide) groups is 1. The van der Waals surface area contributed by atoms with E-state index in [9.17, 15) is 33.6 Å². The summed E-state index contributed by atoms with van der Waals surface area (Å²) in [5.41, 5.74) is 7.66. The third-order valence-electron chi connectivity index (χ3n) is 8.99. The quantitative estimate of drug-likeness (QED) is 0.130. The number of amides is 7. The molecule has 2 heterocycles. The summed E-state index contributed by atoms with van der Waals surface area (Å²) in [6.07, 6.45) is 3.57. The van der Waals surface area contributed by atoms with Crippen molar-refractivity contribution in [3.05, 3.63) is 71.9 Å². The fourth-order valence-corrected chi connectivity index (χ4v) is 6.65. The van der Waals surface area contributed by atoms with E-state index in [1.807, 2.05) is 50.4 Å². The second-order valence-corrected chi connectivity index (χ2v) is 14.7. The first-order valence-electron chi connectivity index (χ1n) is 18.0. The molecular formula is C38H50N8O7S. The smallest absolute Gasteiger partial charge is 0.243 e. The number of fused-ring (bicyclic) bond motifs is 1. The van der Waals surface area contributed by atoms with Crippen LogP contribution in [-0.4, -0.2) is 95.1 Å². The van der Waals surface area contributed by atoms with Gasteiger partial charge in [-0.25, -0.2) is 0 Å². The van der Waals surface area contributed by atoms with Crippen LogP contribution in [0, 0.1) is 5.92 Å². The summed E-state index contributed by atoms with van der Waals surface area (Å²) in [6, 6.07) is 10.5. The standard InChI is InChI=1S/C38H50N8O7S/c1-22(2)17-29-37(52)44-28(15-16-54-3)36(51)43-27(13-14-32(39)47)35(50)46-31(19-24-20-40-26-12-8-7-11-25(24)26)38(53)45-30(18-23-9-5-4-6-10-23)34(49)41-21-33(48)42-29/h4-12,20,22,27-31,40H,13-19,21H2,1-3H3,(H2,39,47)(H,41,49)(H,42,48)(H,43,51)(H,44,52)(H,45,53)(H,46,50)/t27-,28+,29+,30+,31+/m1/s1. The zero-order valence-electron chi connectivity index (χ0n) is 30.7. The molecule has 1 fully saturated rings. The Morgan fingerprint density at radius 3 is 1.94 bits per heavy atom. The number of para-hydroxylation sites is 1. The molecular weight excluding hydrogens is 713 g/mol. The molecule has 15 nitrogen and oxygen atoms in total. The monoisotopic (exact) mass is 762 g/mol. The van der Waals surface area contributed by atoms with Crippen molar-refractivity contribution in [1.29, 1.82) is 0 Å². The topological polar surface area (TPSA) is 233 Å². The molecule has 0 bridgehead atoms. The van der Waals surface area contributed by atoms with Gasteiger partial charge in [0, 0.05) is 36.4 Å². The summed E-state index contributed by atoms with van der Waals surface area (Å²) >= 11 is 1.44. The molecule has 290 valence electrons. The highest BCUT2D eigenvalue weighted by Gasteiger charge is 2.34. The van der Waals surface area contributed by atoms with Crippen LogP contribution in [0.15, 0.2) is 60.8 Å². The number of carbonyl (C=O) groups is 7. The van der Waals surface area contributed by atoms with Crippen LogP contribution in [0.4, 0.5) is 0 Å². The Bertz CT molecular complexity index is 1800. The van der Waals surface area contributed by atoms with E-state index in [4.69, 9.17) is 5.73 Å². The second kappa shape index (κ2) is 20.2. The molecule has 0 saturated carbocycles. The first kappa shape index (κ1) is 41.4. The Balaban J connectivity index is 1.75. The summed E-state index contributed by atoms with van der Waals surface area (Å²) < 4.78 is 0. The average molecular weight is 763 g/mol. The van der Waals surface area contributed by atoms with Crippen LogP contribution in [0.2, 0.25) is 0 Å². The number of aromatic nitrogens is 1. The van der Waals surface area contributed by atoms with Crippen LogP contribution in [0.5, 0.6) is 0 Å². The fourth-order valence-electron chi connectivity index (χ4n) is 6.18. The molecule has 7 amide bonds. The van der Waals surface area contributed by atoms with Gasteiger partial charge in [0.15, 0.2) is 0 Å². The van der Waals surface area contributed by atoms with Crippen LogP contribution >= 0.6 is 11.8 Å². The molecule has 1 aliphatic heterocycles. The van der Waals surface area contributed by atoms with Gasteiger partial charge in [-0.1, -0.05) is 62.4 Å². The maximum absolute atomic E-state index is 14.2. The van der Waals surface area contributed by atoms with Gasteiger partial charge in [-0.15, -0.1) is 0 Å². The number of primary amides is 1. The molecule has 1 aliphatic rings. The lowest BCUT2D eigenvalue weighted by Gasteiger charge is -2.28. The zero-order valence-corrected chi connectivity index (χ0v) is 31.6. The Labute approximate surface area is 318 Å². The van der Waals surface area contributed by atoms with E-state index in [-0.39, 0.29) is 44.4 Å². The number of carbonyl (C=O) groups excluding carboxylic acids is 7. The Kier molecular flexibility index (Phi) is 15.5. The predicted molar refractivity (Wildman–Crippen MR) is 206 cm³/mol. The van der Waals surface area contributed by atoms with Crippen LogP contribution in [0.25, 0.3) is 10.9 Å². The van der Waals surface area contributed by atoms with Crippen molar-refractivity contribution in [3.63, 3.8) is 0 Å². The number of hydrogen-bond acceptors (Lipinski definition) is 8. The second-order valence-electron chi connectivity index (χ2n) is 13.8. The summed E-state index contributed by atoms with van der Waals surface area (Å²) in [4.78, 5) is 97.6. The minimum absolute atomic E-state index is 0.0101. The molecule has 3 aromatic rings. The zero-order chi connectivity index (χ0) is 39.2. The van der Waals surface area contributed by atoms with E-state index >= 15 is 0 Å². The van der Waals surface area contributed by atoms with Crippen molar-refractivity contribution in [3.8, 4) is 0 Å². The molecule has 1 aromatic heterocycles. The van der Waals surface area contributed by atoms with E-state index in [1.165, 1.54) is 11.8 Å². The molecule has 54 heavy (non-hydrogen) atoms. The number of nitrogens with two attached hydrogens (primary N) is 1. The molecule has 9 N–H and O–H groups in total. The van der Waals surface area contributed by atoms with E-state index in [0.717, 1.165) is 16.5 Å². The fraction of sp³-hybridized carbons (Fsp3) is 0.447. The molecule has 5 atom stereocenters.